The quantitative estimate of drug-likeness (QED) is 0.832. The van der Waals surface area contributed by atoms with Crippen molar-refractivity contribution in [3.05, 3.63) is 59.7 Å². The van der Waals surface area contributed by atoms with Gasteiger partial charge in [0.2, 0.25) is 0 Å². The molecule has 0 saturated heterocycles. The Kier molecular flexibility index (Phi) is 3.39. The Morgan fingerprint density at radius 1 is 1.15 bits per heavy atom. The number of para-hydroxylation sites is 1. The molecule has 2 atom stereocenters. The summed E-state index contributed by atoms with van der Waals surface area (Å²) in [4.78, 5) is 2.51. The zero-order chi connectivity index (χ0) is 14.1. The predicted octanol–water partition coefficient (Wildman–Crippen LogP) is 4.03. The van der Waals surface area contributed by atoms with Crippen LogP contribution in [0.25, 0.3) is 0 Å². The summed E-state index contributed by atoms with van der Waals surface area (Å²) in [5.74, 6) is 0.688. The highest BCUT2D eigenvalue weighted by Crippen LogP contribution is 2.35. The van der Waals surface area contributed by atoms with E-state index in [1.54, 1.807) is 0 Å². The molecule has 2 aromatic rings. The van der Waals surface area contributed by atoms with E-state index in [0.29, 0.717) is 12.0 Å². The van der Waals surface area contributed by atoms with Crippen molar-refractivity contribution in [3.8, 4) is 0 Å². The van der Waals surface area contributed by atoms with E-state index in [4.69, 9.17) is 5.73 Å². The molecule has 2 N–H and O–H groups in total. The maximum atomic E-state index is 5.93. The van der Waals surface area contributed by atoms with E-state index in [1.165, 1.54) is 23.2 Å². The molecule has 2 heteroatoms. The summed E-state index contributed by atoms with van der Waals surface area (Å²) in [5, 5.41) is 0. The predicted molar refractivity (Wildman–Crippen MR) is 85.9 cm³/mol. The molecule has 1 aliphatic rings. The van der Waals surface area contributed by atoms with Gasteiger partial charge < -0.3 is 10.6 Å². The number of nitrogens with zero attached hydrogens (tertiary/aromatic N) is 1. The Morgan fingerprint density at radius 2 is 1.95 bits per heavy atom. The average Bonchev–Trinajstić information content (AvgIpc) is 2.45. The van der Waals surface area contributed by atoms with Crippen LogP contribution in [0.2, 0.25) is 0 Å². The van der Waals surface area contributed by atoms with Crippen molar-refractivity contribution in [2.45, 2.75) is 26.3 Å². The van der Waals surface area contributed by atoms with E-state index in [0.717, 1.165) is 12.2 Å². The molecule has 3 rings (SSSR count). The third kappa shape index (κ3) is 2.38. The zero-order valence-electron chi connectivity index (χ0n) is 12.2. The number of nitrogens with two attached hydrogens (primary N) is 1. The Bertz CT molecular complexity index is 606. The molecular weight excluding hydrogens is 244 g/mol. The van der Waals surface area contributed by atoms with Crippen LogP contribution in [-0.2, 0) is 6.42 Å². The average molecular weight is 266 g/mol. The fourth-order valence-electron chi connectivity index (χ4n) is 3.20. The smallest absolute Gasteiger partial charge is 0.0515 e. The van der Waals surface area contributed by atoms with Crippen molar-refractivity contribution in [3.63, 3.8) is 0 Å². The third-order valence-electron chi connectivity index (χ3n) is 4.24. The van der Waals surface area contributed by atoms with Crippen LogP contribution < -0.4 is 10.6 Å². The van der Waals surface area contributed by atoms with Crippen molar-refractivity contribution in [1.82, 2.24) is 0 Å². The maximum absolute atomic E-state index is 5.93. The van der Waals surface area contributed by atoms with Crippen molar-refractivity contribution < 1.29 is 0 Å². The summed E-state index contributed by atoms with van der Waals surface area (Å²) >= 11 is 0. The Balaban J connectivity index is 1.97. The second-order valence-corrected chi connectivity index (χ2v) is 5.94. The number of fused-ring (bicyclic) bond motifs is 1. The van der Waals surface area contributed by atoms with Crippen molar-refractivity contribution in [2.75, 3.05) is 17.2 Å². The van der Waals surface area contributed by atoms with Gasteiger partial charge in [-0.3, -0.25) is 0 Å². The van der Waals surface area contributed by atoms with Gasteiger partial charge in [0.05, 0.1) is 6.04 Å². The molecule has 104 valence electrons. The molecular formula is C18H22N2. The van der Waals surface area contributed by atoms with Gasteiger partial charge >= 0.3 is 0 Å². The van der Waals surface area contributed by atoms with Crippen molar-refractivity contribution in [2.24, 2.45) is 5.92 Å². The summed E-state index contributed by atoms with van der Waals surface area (Å²) in [5.41, 5.74) is 10.9. The number of hydrogen-bond donors (Lipinski definition) is 1. The SMILES string of the molecule is CC1Cc2ccccc2N(C(C)c2cccc(N)c2)C1. The van der Waals surface area contributed by atoms with Gasteiger partial charge in [-0.05, 0) is 48.6 Å². The number of rotatable bonds is 2. The summed E-state index contributed by atoms with van der Waals surface area (Å²) in [6, 6.07) is 17.4. The van der Waals surface area contributed by atoms with Gasteiger partial charge in [-0.1, -0.05) is 37.3 Å². The molecule has 0 radical (unpaired) electrons. The molecule has 2 unspecified atom stereocenters. The Morgan fingerprint density at radius 3 is 2.75 bits per heavy atom. The lowest BCUT2D eigenvalue weighted by Crippen LogP contribution is -2.36. The van der Waals surface area contributed by atoms with Crippen molar-refractivity contribution >= 4 is 11.4 Å². The van der Waals surface area contributed by atoms with Crippen LogP contribution in [0.4, 0.5) is 11.4 Å². The van der Waals surface area contributed by atoms with Crippen LogP contribution in [0.1, 0.15) is 31.0 Å². The monoisotopic (exact) mass is 266 g/mol. The Labute approximate surface area is 121 Å². The number of hydrogen-bond acceptors (Lipinski definition) is 2. The first kappa shape index (κ1) is 13.0. The van der Waals surface area contributed by atoms with Crippen LogP contribution in [0.5, 0.6) is 0 Å². The number of nitrogen functional groups attached to an aromatic ring is 1. The molecule has 0 fully saturated rings. The first-order chi connectivity index (χ1) is 9.65. The highest BCUT2D eigenvalue weighted by atomic mass is 15.2. The van der Waals surface area contributed by atoms with Gasteiger partial charge in [-0.2, -0.15) is 0 Å². The second kappa shape index (κ2) is 5.20. The summed E-state index contributed by atoms with van der Waals surface area (Å²) in [6.07, 6.45) is 1.18. The molecule has 1 heterocycles. The molecule has 1 aliphatic heterocycles. The molecule has 0 aliphatic carbocycles. The fourth-order valence-corrected chi connectivity index (χ4v) is 3.20. The molecule has 2 nitrogen and oxygen atoms in total. The third-order valence-corrected chi connectivity index (χ3v) is 4.24. The minimum absolute atomic E-state index is 0.349. The maximum Gasteiger partial charge on any atom is 0.0515 e. The van der Waals surface area contributed by atoms with E-state index in [-0.39, 0.29) is 0 Å². The molecule has 0 amide bonds. The van der Waals surface area contributed by atoms with Crippen molar-refractivity contribution in [1.29, 1.82) is 0 Å². The topological polar surface area (TPSA) is 29.3 Å². The van der Waals surface area contributed by atoms with Crippen LogP contribution in [0.15, 0.2) is 48.5 Å². The van der Waals surface area contributed by atoms with E-state index in [2.05, 4.69) is 55.1 Å². The molecule has 2 aromatic carbocycles. The van der Waals surface area contributed by atoms with Crippen LogP contribution in [0.3, 0.4) is 0 Å². The normalized spacial score (nSPS) is 19.5. The number of benzene rings is 2. The van der Waals surface area contributed by atoms with Gasteiger partial charge in [0, 0.05) is 17.9 Å². The lowest BCUT2D eigenvalue weighted by molar-refractivity contribution is 0.500. The highest BCUT2D eigenvalue weighted by molar-refractivity contribution is 5.58. The van der Waals surface area contributed by atoms with E-state index >= 15 is 0 Å². The molecule has 0 spiro atoms. The second-order valence-electron chi connectivity index (χ2n) is 5.94. The van der Waals surface area contributed by atoms with Crippen LogP contribution >= 0.6 is 0 Å². The lowest BCUT2D eigenvalue weighted by atomic mass is 9.91. The van der Waals surface area contributed by atoms with Gasteiger partial charge in [0.25, 0.3) is 0 Å². The minimum atomic E-state index is 0.349. The summed E-state index contributed by atoms with van der Waals surface area (Å²) in [7, 11) is 0. The first-order valence-corrected chi connectivity index (χ1v) is 7.35. The van der Waals surface area contributed by atoms with Gasteiger partial charge in [0.1, 0.15) is 0 Å². The van der Waals surface area contributed by atoms with Gasteiger partial charge in [-0.15, -0.1) is 0 Å². The van der Waals surface area contributed by atoms with Crippen LogP contribution in [0, 0.1) is 5.92 Å². The number of anilines is 2. The van der Waals surface area contributed by atoms with E-state index in [9.17, 15) is 0 Å². The van der Waals surface area contributed by atoms with Gasteiger partial charge in [-0.25, -0.2) is 0 Å². The van der Waals surface area contributed by atoms with Crippen LogP contribution in [-0.4, -0.2) is 6.54 Å². The first-order valence-electron chi connectivity index (χ1n) is 7.35. The molecule has 20 heavy (non-hydrogen) atoms. The molecule has 0 bridgehead atoms. The summed E-state index contributed by atoms with van der Waals surface area (Å²) in [6.45, 7) is 5.70. The fraction of sp³-hybridized carbons (Fsp3) is 0.333. The van der Waals surface area contributed by atoms with E-state index < -0.39 is 0 Å². The van der Waals surface area contributed by atoms with Gasteiger partial charge in [0.15, 0.2) is 0 Å². The molecule has 0 saturated carbocycles. The Hall–Kier alpha value is -1.96. The standard InChI is InChI=1S/C18H22N2/c1-13-10-16-6-3-4-9-18(16)20(12-13)14(2)15-7-5-8-17(19)11-15/h3-9,11,13-14H,10,12,19H2,1-2H3. The minimum Gasteiger partial charge on any atom is -0.399 e. The largest absolute Gasteiger partial charge is 0.399 e. The summed E-state index contributed by atoms with van der Waals surface area (Å²) < 4.78 is 0. The zero-order valence-corrected chi connectivity index (χ0v) is 12.2. The molecule has 0 aromatic heterocycles. The van der Waals surface area contributed by atoms with E-state index in [1.807, 2.05) is 12.1 Å². The lowest BCUT2D eigenvalue weighted by Gasteiger charge is -2.39. The highest BCUT2D eigenvalue weighted by Gasteiger charge is 2.25.